The van der Waals surface area contributed by atoms with Crippen molar-refractivity contribution in [1.29, 1.82) is 0 Å². The van der Waals surface area contributed by atoms with Gasteiger partial charge in [-0.05, 0) is 43.7 Å². The Morgan fingerprint density at radius 2 is 2.24 bits per heavy atom. The van der Waals surface area contributed by atoms with Gasteiger partial charge in [0.15, 0.2) is 0 Å². The van der Waals surface area contributed by atoms with Crippen LogP contribution < -0.4 is 11.1 Å². The van der Waals surface area contributed by atoms with Gasteiger partial charge in [0.1, 0.15) is 0 Å². The molecule has 0 unspecified atom stereocenters. The van der Waals surface area contributed by atoms with Crippen molar-refractivity contribution in [2.45, 2.75) is 26.2 Å². The Morgan fingerprint density at radius 1 is 1.41 bits per heavy atom. The zero-order valence-corrected chi connectivity index (χ0v) is 10.5. The molecule has 0 bridgehead atoms. The molecule has 1 aromatic carbocycles. The molecule has 3 heteroatoms. The second kappa shape index (κ2) is 5.92. The molecule has 0 radical (unpaired) electrons. The van der Waals surface area contributed by atoms with Gasteiger partial charge in [0.05, 0.1) is 11.4 Å². The monoisotopic (exact) mass is 234 g/mol. The SMILES string of the molecule is Cc1cccc(N)c1NCCCOCC1CC1. The Bertz CT molecular complexity index is 341. The largest absolute Gasteiger partial charge is 0.397 e. The molecule has 1 aliphatic rings. The predicted octanol–water partition coefficient (Wildman–Crippen LogP) is 2.81. The van der Waals surface area contributed by atoms with Crippen LogP contribution >= 0.6 is 0 Å². The highest BCUT2D eigenvalue weighted by Gasteiger charge is 2.20. The first-order valence-corrected chi connectivity index (χ1v) is 6.44. The van der Waals surface area contributed by atoms with Crippen LogP contribution in [0.3, 0.4) is 0 Å². The quantitative estimate of drug-likeness (QED) is 0.563. The number of rotatable bonds is 7. The summed E-state index contributed by atoms with van der Waals surface area (Å²) in [5.41, 5.74) is 9.00. The van der Waals surface area contributed by atoms with E-state index in [0.717, 1.165) is 43.5 Å². The fraction of sp³-hybridized carbons (Fsp3) is 0.571. The molecule has 2 rings (SSSR count). The van der Waals surface area contributed by atoms with Crippen molar-refractivity contribution in [2.75, 3.05) is 30.8 Å². The Labute approximate surface area is 103 Å². The molecule has 1 aromatic rings. The number of nitrogens with two attached hydrogens (primary N) is 1. The van der Waals surface area contributed by atoms with Gasteiger partial charge in [0, 0.05) is 19.8 Å². The maximum atomic E-state index is 5.92. The minimum Gasteiger partial charge on any atom is -0.397 e. The third kappa shape index (κ3) is 3.93. The van der Waals surface area contributed by atoms with Gasteiger partial charge < -0.3 is 15.8 Å². The highest BCUT2D eigenvalue weighted by molar-refractivity contribution is 5.69. The summed E-state index contributed by atoms with van der Waals surface area (Å²) < 4.78 is 5.58. The summed E-state index contributed by atoms with van der Waals surface area (Å²) in [6, 6.07) is 5.98. The highest BCUT2D eigenvalue weighted by atomic mass is 16.5. The van der Waals surface area contributed by atoms with Crippen LogP contribution in [0.15, 0.2) is 18.2 Å². The molecule has 0 heterocycles. The van der Waals surface area contributed by atoms with Gasteiger partial charge >= 0.3 is 0 Å². The topological polar surface area (TPSA) is 47.3 Å². The van der Waals surface area contributed by atoms with Crippen LogP contribution in [-0.4, -0.2) is 19.8 Å². The number of ether oxygens (including phenoxy) is 1. The molecular formula is C14H22N2O. The lowest BCUT2D eigenvalue weighted by Crippen LogP contribution is -2.09. The van der Waals surface area contributed by atoms with Crippen LogP contribution in [0.1, 0.15) is 24.8 Å². The number of hydrogen-bond donors (Lipinski definition) is 2. The summed E-state index contributed by atoms with van der Waals surface area (Å²) >= 11 is 0. The Balaban J connectivity index is 1.63. The molecule has 1 aliphatic carbocycles. The lowest BCUT2D eigenvalue weighted by Gasteiger charge is -2.12. The van der Waals surface area contributed by atoms with Crippen molar-refractivity contribution >= 4 is 11.4 Å². The third-order valence-corrected chi connectivity index (χ3v) is 3.12. The zero-order chi connectivity index (χ0) is 12.1. The number of para-hydroxylation sites is 1. The van der Waals surface area contributed by atoms with E-state index in [1.54, 1.807) is 0 Å². The van der Waals surface area contributed by atoms with Gasteiger partial charge in [-0.15, -0.1) is 0 Å². The maximum absolute atomic E-state index is 5.92. The van der Waals surface area contributed by atoms with Gasteiger partial charge in [-0.1, -0.05) is 12.1 Å². The minimum atomic E-state index is 0.823. The Morgan fingerprint density at radius 3 is 2.94 bits per heavy atom. The number of anilines is 2. The minimum absolute atomic E-state index is 0.823. The van der Waals surface area contributed by atoms with Gasteiger partial charge in [-0.3, -0.25) is 0 Å². The molecule has 0 spiro atoms. The van der Waals surface area contributed by atoms with E-state index in [1.165, 1.54) is 18.4 Å². The van der Waals surface area contributed by atoms with Crippen molar-refractivity contribution in [1.82, 2.24) is 0 Å². The molecule has 1 saturated carbocycles. The number of nitrogens with one attached hydrogen (secondary N) is 1. The van der Waals surface area contributed by atoms with Crippen LogP contribution in [-0.2, 0) is 4.74 Å². The summed E-state index contributed by atoms with van der Waals surface area (Å²) in [6.07, 6.45) is 3.75. The number of benzene rings is 1. The molecule has 3 N–H and O–H groups in total. The smallest absolute Gasteiger partial charge is 0.0603 e. The average molecular weight is 234 g/mol. The fourth-order valence-corrected chi connectivity index (χ4v) is 1.85. The summed E-state index contributed by atoms with van der Waals surface area (Å²) in [5, 5.41) is 3.38. The first-order valence-electron chi connectivity index (χ1n) is 6.44. The lowest BCUT2D eigenvalue weighted by molar-refractivity contribution is 0.124. The second-order valence-corrected chi connectivity index (χ2v) is 4.84. The van der Waals surface area contributed by atoms with E-state index >= 15 is 0 Å². The first-order chi connectivity index (χ1) is 8.27. The third-order valence-electron chi connectivity index (χ3n) is 3.12. The zero-order valence-electron chi connectivity index (χ0n) is 10.5. The summed E-state index contributed by atoms with van der Waals surface area (Å²) in [4.78, 5) is 0. The number of nitrogen functional groups attached to an aromatic ring is 1. The summed E-state index contributed by atoms with van der Waals surface area (Å²) in [7, 11) is 0. The Kier molecular flexibility index (Phi) is 4.26. The van der Waals surface area contributed by atoms with Gasteiger partial charge in [0.2, 0.25) is 0 Å². The number of hydrogen-bond acceptors (Lipinski definition) is 3. The van der Waals surface area contributed by atoms with E-state index in [9.17, 15) is 0 Å². The van der Waals surface area contributed by atoms with Gasteiger partial charge in [0.25, 0.3) is 0 Å². The standard InChI is InChI=1S/C14H22N2O/c1-11-4-2-5-13(15)14(11)16-8-3-9-17-10-12-6-7-12/h2,4-5,12,16H,3,6-10,15H2,1H3. The van der Waals surface area contributed by atoms with E-state index in [-0.39, 0.29) is 0 Å². The van der Waals surface area contributed by atoms with Crippen LogP contribution in [0.25, 0.3) is 0 Å². The van der Waals surface area contributed by atoms with Crippen molar-refractivity contribution in [3.63, 3.8) is 0 Å². The van der Waals surface area contributed by atoms with E-state index < -0.39 is 0 Å². The van der Waals surface area contributed by atoms with Crippen molar-refractivity contribution < 1.29 is 4.74 Å². The molecule has 0 aromatic heterocycles. The molecule has 1 fully saturated rings. The predicted molar refractivity (Wildman–Crippen MR) is 72.2 cm³/mol. The van der Waals surface area contributed by atoms with E-state index in [1.807, 2.05) is 12.1 Å². The van der Waals surface area contributed by atoms with Gasteiger partial charge in [-0.2, -0.15) is 0 Å². The summed E-state index contributed by atoms with van der Waals surface area (Å²) in [6.45, 7) is 4.78. The molecule has 17 heavy (non-hydrogen) atoms. The van der Waals surface area contributed by atoms with Crippen molar-refractivity contribution in [2.24, 2.45) is 5.92 Å². The lowest BCUT2D eigenvalue weighted by atomic mass is 10.1. The highest BCUT2D eigenvalue weighted by Crippen LogP contribution is 2.28. The fourth-order valence-electron chi connectivity index (χ4n) is 1.85. The molecule has 0 aliphatic heterocycles. The van der Waals surface area contributed by atoms with E-state index in [4.69, 9.17) is 10.5 Å². The average Bonchev–Trinajstić information content (AvgIpc) is 3.10. The maximum Gasteiger partial charge on any atom is 0.0603 e. The molecule has 94 valence electrons. The van der Waals surface area contributed by atoms with E-state index in [0.29, 0.717) is 0 Å². The van der Waals surface area contributed by atoms with Crippen LogP contribution in [0.2, 0.25) is 0 Å². The Hall–Kier alpha value is -1.22. The molecule has 0 saturated heterocycles. The summed E-state index contributed by atoms with van der Waals surface area (Å²) in [5.74, 6) is 0.856. The second-order valence-electron chi connectivity index (χ2n) is 4.84. The van der Waals surface area contributed by atoms with Crippen molar-refractivity contribution in [3.8, 4) is 0 Å². The molecule has 0 atom stereocenters. The van der Waals surface area contributed by atoms with Crippen LogP contribution in [0.5, 0.6) is 0 Å². The van der Waals surface area contributed by atoms with Crippen LogP contribution in [0, 0.1) is 12.8 Å². The van der Waals surface area contributed by atoms with E-state index in [2.05, 4.69) is 18.3 Å². The molecule has 0 amide bonds. The molecular weight excluding hydrogens is 212 g/mol. The first kappa shape index (κ1) is 12.2. The normalized spacial score (nSPS) is 14.9. The molecule has 3 nitrogen and oxygen atoms in total. The van der Waals surface area contributed by atoms with Gasteiger partial charge in [-0.25, -0.2) is 0 Å². The van der Waals surface area contributed by atoms with Crippen molar-refractivity contribution in [3.05, 3.63) is 23.8 Å². The van der Waals surface area contributed by atoms with Crippen LogP contribution in [0.4, 0.5) is 11.4 Å². The number of aryl methyl sites for hydroxylation is 1.